The molecule has 1 unspecified atom stereocenters. The Bertz CT molecular complexity index is 559. The van der Waals surface area contributed by atoms with Crippen LogP contribution >= 0.6 is 0 Å². The fourth-order valence-corrected chi connectivity index (χ4v) is 3.08. The molecule has 2 N–H and O–H groups in total. The topological polar surface area (TPSA) is 55.8 Å². The molecule has 0 radical (unpaired) electrons. The average Bonchev–Trinajstić information content (AvgIpc) is 2.56. The molecule has 1 aliphatic heterocycles. The predicted octanol–water partition coefficient (Wildman–Crippen LogP) is 2.90. The zero-order valence-corrected chi connectivity index (χ0v) is 14.8. The molecule has 1 saturated heterocycles. The Hall–Kier alpha value is -1.82. The lowest BCUT2D eigenvalue weighted by Crippen LogP contribution is -2.40. The molecule has 1 aromatic carbocycles. The second kappa shape index (κ2) is 8.33. The minimum absolute atomic E-state index is 0.159. The molecule has 24 heavy (non-hydrogen) atoms. The summed E-state index contributed by atoms with van der Waals surface area (Å²) < 4.78 is 13.8. The number of nitrogens with zero attached hydrogens (tertiary/aromatic N) is 2. The van der Waals surface area contributed by atoms with Crippen LogP contribution in [0.15, 0.2) is 18.2 Å². The van der Waals surface area contributed by atoms with Crippen molar-refractivity contribution in [3.8, 4) is 0 Å². The number of hydrogen-bond donors (Lipinski definition) is 2. The van der Waals surface area contributed by atoms with Crippen LogP contribution < -0.4 is 10.2 Å². The number of aliphatic hydroxyl groups is 1. The van der Waals surface area contributed by atoms with Gasteiger partial charge in [-0.15, -0.1) is 0 Å². The molecule has 6 heteroatoms. The maximum absolute atomic E-state index is 13.8. The SMILES string of the molecule is CCCN(C)C(=O)NC(C)c1cc(F)ccc1N1CCC(O)CC1. The first-order valence-corrected chi connectivity index (χ1v) is 8.66. The smallest absolute Gasteiger partial charge is 0.317 e. The van der Waals surface area contributed by atoms with Crippen LogP contribution in [0.5, 0.6) is 0 Å². The summed E-state index contributed by atoms with van der Waals surface area (Å²) in [6, 6.07) is 4.25. The molecule has 0 saturated carbocycles. The van der Waals surface area contributed by atoms with Crippen molar-refractivity contribution in [2.45, 2.75) is 45.3 Å². The number of urea groups is 1. The van der Waals surface area contributed by atoms with Crippen molar-refractivity contribution in [3.05, 3.63) is 29.6 Å². The van der Waals surface area contributed by atoms with Crippen LogP contribution in [-0.2, 0) is 0 Å². The molecule has 1 heterocycles. The highest BCUT2D eigenvalue weighted by Crippen LogP contribution is 2.29. The number of rotatable bonds is 5. The molecular weight excluding hydrogens is 309 g/mol. The summed E-state index contributed by atoms with van der Waals surface area (Å²) in [6.45, 7) is 6.03. The van der Waals surface area contributed by atoms with E-state index in [0.29, 0.717) is 19.4 Å². The maximum Gasteiger partial charge on any atom is 0.317 e. The third kappa shape index (κ3) is 4.60. The van der Waals surface area contributed by atoms with E-state index in [9.17, 15) is 14.3 Å². The Labute approximate surface area is 143 Å². The van der Waals surface area contributed by atoms with Gasteiger partial charge >= 0.3 is 6.03 Å². The average molecular weight is 337 g/mol. The number of amides is 2. The van der Waals surface area contributed by atoms with E-state index in [1.54, 1.807) is 18.0 Å². The Balaban J connectivity index is 2.15. The summed E-state index contributed by atoms with van der Waals surface area (Å²) in [5.41, 5.74) is 1.69. The summed E-state index contributed by atoms with van der Waals surface area (Å²) in [7, 11) is 1.75. The second-order valence-electron chi connectivity index (χ2n) is 6.51. The molecule has 1 aromatic rings. The van der Waals surface area contributed by atoms with Gasteiger partial charge in [-0.1, -0.05) is 6.92 Å². The Morgan fingerprint density at radius 2 is 2.12 bits per heavy atom. The van der Waals surface area contributed by atoms with E-state index in [2.05, 4.69) is 10.2 Å². The third-order valence-electron chi connectivity index (χ3n) is 4.51. The Morgan fingerprint density at radius 3 is 2.75 bits per heavy atom. The molecule has 0 spiro atoms. The lowest BCUT2D eigenvalue weighted by atomic mass is 10.0. The van der Waals surface area contributed by atoms with Crippen molar-refractivity contribution in [2.75, 3.05) is 31.6 Å². The van der Waals surface area contributed by atoms with Gasteiger partial charge in [-0.2, -0.15) is 0 Å². The van der Waals surface area contributed by atoms with Crippen LogP contribution in [0.1, 0.15) is 44.7 Å². The fraction of sp³-hybridized carbons (Fsp3) is 0.611. The van der Waals surface area contributed by atoms with Gasteiger partial charge in [0, 0.05) is 37.9 Å². The van der Waals surface area contributed by atoms with Gasteiger partial charge in [0.05, 0.1) is 12.1 Å². The van der Waals surface area contributed by atoms with Gasteiger partial charge in [0.25, 0.3) is 0 Å². The van der Waals surface area contributed by atoms with E-state index in [0.717, 1.165) is 30.8 Å². The van der Waals surface area contributed by atoms with Crippen LogP contribution in [-0.4, -0.2) is 48.8 Å². The van der Waals surface area contributed by atoms with E-state index in [-0.39, 0.29) is 24.0 Å². The first-order valence-electron chi connectivity index (χ1n) is 8.66. The van der Waals surface area contributed by atoms with Gasteiger partial charge in [0.2, 0.25) is 0 Å². The molecule has 1 aliphatic rings. The van der Waals surface area contributed by atoms with Gasteiger partial charge in [-0.25, -0.2) is 9.18 Å². The molecule has 134 valence electrons. The number of halogens is 1. The number of benzene rings is 1. The van der Waals surface area contributed by atoms with E-state index in [1.165, 1.54) is 12.1 Å². The summed E-state index contributed by atoms with van der Waals surface area (Å²) in [5, 5.41) is 12.6. The van der Waals surface area contributed by atoms with Crippen molar-refractivity contribution in [1.29, 1.82) is 0 Å². The largest absolute Gasteiger partial charge is 0.393 e. The number of carbonyl (C=O) groups excluding carboxylic acids is 1. The monoisotopic (exact) mass is 337 g/mol. The van der Waals surface area contributed by atoms with E-state index >= 15 is 0 Å². The molecule has 1 fully saturated rings. The molecule has 0 aromatic heterocycles. The number of aliphatic hydroxyl groups excluding tert-OH is 1. The van der Waals surface area contributed by atoms with Gasteiger partial charge < -0.3 is 20.2 Å². The molecule has 1 atom stereocenters. The van der Waals surface area contributed by atoms with Crippen LogP contribution in [0, 0.1) is 5.82 Å². The molecule has 0 aliphatic carbocycles. The zero-order chi connectivity index (χ0) is 17.7. The fourth-order valence-electron chi connectivity index (χ4n) is 3.08. The number of piperidine rings is 1. The van der Waals surface area contributed by atoms with Crippen molar-refractivity contribution in [2.24, 2.45) is 0 Å². The molecule has 2 rings (SSSR count). The minimum atomic E-state index is -0.311. The van der Waals surface area contributed by atoms with Gasteiger partial charge in [-0.3, -0.25) is 0 Å². The normalized spacial score (nSPS) is 16.8. The van der Waals surface area contributed by atoms with Crippen LogP contribution in [0.2, 0.25) is 0 Å². The van der Waals surface area contributed by atoms with Crippen molar-refractivity contribution in [3.63, 3.8) is 0 Å². The lowest BCUT2D eigenvalue weighted by Gasteiger charge is -2.34. The third-order valence-corrected chi connectivity index (χ3v) is 4.51. The summed E-state index contributed by atoms with van der Waals surface area (Å²) in [6.07, 6.45) is 2.04. The van der Waals surface area contributed by atoms with Crippen LogP contribution in [0.25, 0.3) is 0 Å². The van der Waals surface area contributed by atoms with Gasteiger partial charge in [0.15, 0.2) is 0 Å². The lowest BCUT2D eigenvalue weighted by molar-refractivity contribution is 0.145. The highest BCUT2D eigenvalue weighted by atomic mass is 19.1. The zero-order valence-electron chi connectivity index (χ0n) is 14.8. The highest BCUT2D eigenvalue weighted by molar-refractivity contribution is 5.75. The number of nitrogens with one attached hydrogen (secondary N) is 1. The van der Waals surface area contributed by atoms with Crippen LogP contribution in [0.3, 0.4) is 0 Å². The summed E-state index contributed by atoms with van der Waals surface area (Å²) >= 11 is 0. The van der Waals surface area contributed by atoms with Crippen molar-refractivity contribution < 1.29 is 14.3 Å². The Kier molecular flexibility index (Phi) is 6.43. The minimum Gasteiger partial charge on any atom is -0.393 e. The second-order valence-corrected chi connectivity index (χ2v) is 6.51. The highest BCUT2D eigenvalue weighted by Gasteiger charge is 2.23. The summed E-state index contributed by atoms with van der Waals surface area (Å²) in [4.78, 5) is 16.0. The van der Waals surface area contributed by atoms with Gasteiger partial charge in [0.1, 0.15) is 5.82 Å². The molecule has 0 bridgehead atoms. The molecule has 5 nitrogen and oxygen atoms in total. The first-order chi connectivity index (χ1) is 11.4. The van der Waals surface area contributed by atoms with E-state index < -0.39 is 0 Å². The molecule has 2 amide bonds. The van der Waals surface area contributed by atoms with Crippen molar-refractivity contribution in [1.82, 2.24) is 10.2 Å². The quantitative estimate of drug-likeness (QED) is 0.869. The first kappa shape index (κ1) is 18.5. The molecular formula is C18H28FN3O2. The standard InChI is InChI=1S/C18H28FN3O2/c1-4-9-21(3)18(24)20-13(2)16-12-14(19)5-6-17(16)22-10-7-15(23)8-11-22/h5-6,12-13,15,23H,4,7-11H2,1-3H3,(H,20,24). The predicted molar refractivity (Wildman–Crippen MR) is 93.7 cm³/mol. The summed E-state index contributed by atoms with van der Waals surface area (Å²) in [5.74, 6) is -0.311. The van der Waals surface area contributed by atoms with Crippen molar-refractivity contribution >= 4 is 11.7 Å². The van der Waals surface area contributed by atoms with E-state index in [1.807, 2.05) is 13.8 Å². The number of anilines is 1. The Morgan fingerprint density at radius 1 is 1.46 bits per heavy atom. The van der Waals surface area contributed by atoms with Gasteiger partial charge in [-0.05, 0) is 44.4 Å². The van der Waals surface area contributed by atoms with Crippen LogP contribution in [0.4, 0.5) is 14.9 Å². The van der Waals surface area contributed by atoms with E-state index in [4.69, 9.17) is 0 Å². The maximum atomic E-state index is 13.8. The number of hydrogen-bond acceptors (Lipinski definition) is 3. The number of carbonyl (C=O) groups is 1.